The summed E-state index contributed by atoms with van der Waals surface area (Å²) in [5, 5.41) is 21.9. The predicted octanol–water partition coefficient (Wildman–Crippen LogP) is -0.0359. The third-order valence-corrected chi connectivity index (χ3v) is 3.36. The molecular weight excluding hydrogens is 170 g/mol. The Morgan fingerprint density at radius 1 is 1.46 bits per heavy atom. The van der Waals surface area contributed by atoms with Gasteiger partial charge < -0.3 is 15.5 Å². The zero-order valence-corrected chi connectivity index (χ0v) is 7.49. The van der Waals surface area contributed by atoms with E-state index < -0.39 is 17.6 Å². The van der Waals surface area contributed by atoms with Crippen LogP contribution >= 0.6 is 0 Å². The van der Waals surface area contributed by atoms with Crippen LogP contribution < -0.4 is 5.32 Å². The van der Waals surface area contributed by atoms with Crippen LogP contribution in [0.25, 0.3) is 0 Å². The highest BCUT2D eigenvalue weighted by molar-refractivity contribution is 5.74. The summed E-state index contributed by atoms with van der Waals surface area (Å²) in [5.41, 5.74) is -0.749. The number of aliphatic carboxylic acids is 1. The molecule has 74 valence electrons. The molecule has 3 unspecified atom stereocenters. The molecule has 13 heavy (non-hydrogen) atoms. The van der Waals surface area contributed by atoms with E-state index in [0.717, 1.165) is 25.7 Å². The Morgan fingerprint density at radius 3 is 2.92 bits per heavy atom. The van der Waals surface area contributed by atoms with Gasteiger partial charge in [0.15, 0.2) is 0 Å². The number of carboxylic acid groups (broad SMARTS) is 1. The Morgan fingerprint density at radius 2 is 2.23 bits per heavy atom. The van der Waals surface area contributed by atoms with Gasteiger partial charge in [0.25, 0.3) is 0 Å². The zero-order chi connectivity index (χ0) is 9.47. The lowest BCUT2D eigenvalue weighted by atomic mass is 9.75. The molecule has 3 atom stereocenters. The monoisotopic (exact) mass is 185 g/mol. The Kier molecular flexibility index (Phi) is 2.04. The summed E-state index contributed by atoms with van der Waals surface area (Å²) in [7, 11) is 0. The van der Waals surface area contributed by atoms with Crippen molar-refractivity contribution in [3.63, 3.8) is 0 Å². The molecule has 0 amide bonds. The zero-order valence-electron chi connectivity index (χ0n) is 7.49. The van der Waals surface area contributed by atoms with Crippen LogP contribution in [0.4, 0.5) is 0 Å². The molecule has 0 aromatic carbocycles. The maximum atomic E-state index is 10.8. The molecule has 0 spiro atoms. The molecule has 0 aromatic rings. The van der Waals surface area contributed by atoms with Gasteiger partial charge in [0.05, 0.1) is 5.60 Å². The van der Waals surface area contributed by atoms with Gasteiger partial charge in [0.1, 0.15) is 6.04 Å². The van der Waals surface area contributed by atoms with Crippen LogP contribution in [0.15, 0.2) is 0 Å². The molecule has 1 aliphatic heterocycles. The van der Waals surface area contributed by atoms with E-state index in [9.17, 15) is 9.90 Å². The van der Waals surface area contributed by atoms with E-state index in [1.165, 1.54) is 0 Å². The minimum Gasteiger partial charge on any atom is -0.480 e. The van der Waals surface area contributed by atoms with Crippen molar-refractivity contribution < 1.29 is 15.0 Å². The molecule has 1 heterocycles. The van der Waals surface area contributed by atoms with Gasteiger partial charge in [0.2, 0.25) is 0 Å². The second-order valence-electron chi connectivity index (χ2n) is 4.15. The van der Waals surface area contributed by atoms with Gasteiger partial charge in [-0.05, 0) is 12.8 Å². The van der Waals surface area contributed by atoms with Crippen LogP contribution in [0.1, 0.15) is 25.7 Å². The van der Waals surface area contributed by atoms with Crippen molar-refractivity contribution >= 4 is 5.97 Å². The van der Waals surface area contributed by atoms with Gasteiger partial charge in [-0.2, -0.15) is 0 Å². The quantitative estimate of drug-likeness (QED) is 0.536. The van der Waals surface area contributed by atoms with Gasteiger partial charge in [-0.3, -0.25) is 4.79 Å². The minimum absolute atomic E-state index is 0.0845. The second kappa shape index (κ2) is 2.96. The van der Waals surface area contributed by atoms with Crippen molar-refractivity contribution in [1.29, 1.82) is 0 Å². The van der Waals surface area contributed by atoms with E-state index in [4.69, 9.17) is 5.11 Å². The first-order valence-electron chi connectivity index (χ1n) is 4.82. The molecule has 1 saturated carbocycles. The standard InChI is InChI=1S/C9H15NO3/c11-8(12)7-6-3-1-2-4-9(6,13)5-10-7/h6-7,10,13H,1-5H2,(H,11,12). The summed E-state index contributed by atoms with van der Waals surface area (Å²) in [4.78, 5) is 10.8. The van der Waals surface area contributed by atoms with Crippen LogP contribution in [0.3, 0.4) is 0 Å². The maximum Gasteiger partial charge on any atom is 0.321 e. The lowest BCUT2D eigenvalue weighted by molar-refractivity contribution is -0.142. The van der Waals surface area contributed by atoms with E-state index in [2.05, 4.69) is 5.32 Å². The summed E-state index contributed by atoms with van der Waals surface area (Å²) in [6.07, 6.45) is 3.63. The molecule has 2 aliphatic rings. The van der Waals surface area contributed by atoms with Gasteiger partial charge >= 0.3 is 5.97 Å². The molecule has 0 aromatic heterocycles. The normalized spacial score (nSPS) is 44.4. The van der Waals surface area contributed by atoms with Crippen molar-refractivity contribution in [2.75, 3.05) is 6.54 Å². The number of fused-ring (bicyclic) bond motifs is 1. The number of nitrogens with one attached hydrogen (secondary N) is 1. The van der Waals surface area contributed by atoms with E-state index in [1.54, 1.807) is 0 Å². The Labute approximate surface area is 76.9 Å². The average molecular weight is 185 g/mol. The Balaban J connectivity index is 2.17. The molecule has 4 nitrogen and oxygen atoms in total. The lowest BCUT2D eigenvalue weighted by Crippen LogP contribution is -2.43. The highest BCUT2D eigenvalue weighted by Gasteiger charge is 2.50. The second-order valence-corrected chi connectivity index (χ2v) is 4.15. The van der Waals surface area contributed by atoms with Crippen LogP contribution in [0.2, 0.25) is 0 Å². The molecular formula is C9H15NO3. The summed E-state index contributed by atoms with van der Waals surface area (Å²) in [6.45, 7) is 0.439. The third kappa shape index (κ3) is 1.34. The van der Waals surface area contributed by atoms with E-state index in [1.807, 2.05) is 0 Å². The SMILES string of the molecule is O=C(O)C1NCC2(O)CCCCC12. The van der Waals surface area contributed by atoms with Gasteiger partial charge in [-0.15, -0.1) is 0 Å². The van der Waals surface area contributed by atoms with Crippen molar-refractivity contribution in [3.8, 4) is 0 Å². The van der Waals surface area contributed by atoms with Crippen molar-refractivity contribution in [2.24, 2.45) is 5.92 Å². The van der Waals surface area contributed by atoms with Crippen LogP contribution in [-0.4, -0.2) is 34.4 Å². The Hall–Kier alpha value is -0.610. The van der Waals surface area contributed by atoms with Gasteiger partial charge in [-0.25, -0.2) is 0 Å². The molecule has 4 heteroatoms. The van der Waals surface area contributed by atoms with Gasteiger partial charge in [0, 0.05) is 12.5 Å². The Bertz CT molecular complexity index is 231. The highest BCUT2D eigenvalue weighted by atomic mass is 16.4. The van der Waals surface area contributed by atoms with Crippen molar-refractivity contribution in [3.05, 3.63) is 0 Å². The van der Waals surface area contributed by atoms with Crippen LogP contribution in [0.5, 0.6) is 0 Å². The van der Waals surface area contributed by atoms with E-state index in [0.29, 0.717) is 6.54 Å². The summed E-state index contributed by atoms with van der Waals surface area (Å²) >= 11 is 0. The average Bonchev–Trinajstić information content (AvgIpc) is 2.41. The molecule has 0 radical (unpaired) electrons. The number of rotatable bonds is 1. The fourth-order valence-corrected chi connectivity index (χ4v) is 2.63. The first-order valence-corrected chi connectivity index (χ1v) is 4.82. The number of β-amino-alcohol motifs (C(OH)–C–C–N with tert-alkyl or cyclic N) is 1. The largest absolute Gasteiger partial charge is 0.480 e. The number of carboxylic acids is 1. The van der Waals surface area contributed by atoms with Crippen molar-refractivity contribution in [2.45, 2.75) is 37.3 Å². The summed E-state index contributed by atoms with van der Waals surface area (Å²) < 4.78 is 0. The molecule has 2 rings (SSSR count). The molecule has 1 saturated heterocycles. The summed E-state index contributed by atoms with van der Waals surface area (Å²) in [5.74, 6) is -0.915. The van der Waals surface area contributed by atoms with E-state index >= 15 is 0 Å². The smallest absolute Gasteiger partial charge is 0.321 e. The number of carbonyl (C=O) groups is 1. The van der Waals surface area contributed by atoms with E-state index in [-0.39, 0.29) is 5.92 Å². The highest BCUT2D eigenvalue weighted by Crippen LogP contribution is 2.39. The van der Waals surface area contributed by atoms with Crippen LogP contribution in [0, 0.1) is 5.92 Å². The summed E-state index contributed by atoms with van der Waals surface area (Å²) in [6, 6.07) is -0.537. The number of hydrogen-bond donors (Lipinski definition) is 3. The molecule has 3 N–H and O–H groups in total. The topological polar surface area (TPSA) is 69.6 Å². The maximum absolute atomic E-state index is 10.8. The first kappa shape index (κ1) is 8.97. The predicted molar refractivity (Wildman–Crippen MR) is 46.3 cm³/mol. The minimum atomic E-state index is -0.831. The fourth-order valence-electron chi connectivity index (χ4n) is 2.63. The van der Waals surface area contributed by atoms with Crippen LogP contribution in [-0.2, 0) is 4.79 Å². The molecule has 1 aliphatic carbocycles. The molecule has 2 fully saturated rings. The number of aliphatic hydroxyl groups is 1. The van der Waals surface area contributed by atoms with Crippen molar-refractivity contribution in [1.82, 2.24) is 5.32 Å². The van der Waals surface area contributed by atoms with Gasteiger partial charge in [-0.1, -0.05) is 12.8 Å². The number of hydrogen-bond acceptors (Lipinski definition) is 3. The first-order chi connectivity index (χ1) is 6.13. The fraction of sp³-hybridized carbons (Fsp3) is 0.889. The molecule has 0 bridgehead atoms. The lowest BCUT2D eigenvalue weighted by Gasteiger charge is -2.34. The third-order valence-electron chi connectivity index (χ3n) is 3.36.